The Balaban J connectivity index is 1.47. The molecule has 0 bridgehead atoms. The van der Waals surface area contributed by atoms with E-state index in [2.05, 4.69) is 5.32 Å². The summed E-state index contributed by atoms with van der Waals surface area (Å²) in [6.45, 7) is 0.271. The number of anilines is 1. The van der Waals surface area contributed by atoms with Crippen molar-refractivity contribution in [3.63, 3.8) is 0 Å². The molecule has 3 atom stereocenters. The van der Waals surface area contributed by atoms with Crippen molar-refractivity contribution in [3.05, 3.63) is 72.1 Å². The molecule has 2 aromatic rings. The number of benzene rings is 2. The summed E-state index contributed by atoms with van der Waals surface area (Å²) in [6, 6.07) is 16.9. The van der Waals surface area contributed by atoms with Crippen molar-refractivity contribution in [1.82, 2.24) is 0 Å². The predicted octanol–water partition coefficient (Wildman–Crippen LogP) is 3.03. The van der Waals surface area contributed by atoms with Crippen LogP contribution in [0.3, 0.4) is 0 Å². The van der Waals surface area contributed by atoms with E-state index in [1.165, 1.54) is 6.08 Å². The third kappa shape index (κ3) is 3.42. The minimum Gasteiger partial charge on any atom is -0.497 e. The molecule has 0 saturated carbocycles. The summed E-state index contributed by atoms with van der Waals surface area (Å²) in [7, 11) is 1.60. The van der Waals surface area contributed by atoms with Crippen LogP contribution in [-0.4, -0.2) is 31.7 Å². The van der Waals surface area contributed by atoms with Gasteiger partial charge in [-0.2, -0.15) is 0 Å². The highest BCUT2D eigenvalue weighted by molar-refractivity contribution is 5.95. The van der Waals surface area contributed by atoms with Crippen molar-refractivity contribution in [2.45, 2.75) is 18.5 Å². The van der Waals surface area contributed by atoms with Crippen molar-refractivity contribution in [2.75, 3.05) is 19.0 Å². The van der Waals surface area contributed by atoms with Crippen LogP contribution in [0.1, 0.15) is 11.9 Å². The van der Waals surface area contributed by atoms with Crippen molar-refractivity contribution in [2.24, 2.45) is 0 Å². The molecule has 134 valence electrons. The van der Waals surface area contributed by atoms with Gasteiger partial charge in [0.1, 0.15) is 5.75 Å². The summed E-state index contributed by atoms with van der Waals surface area (Å²) in [5, 5.41) is 3.09. The first-order valence-electron chi connectivity index (χ1n) is 8.38. The average molecular weight is 353 g/mol. The summed E-state index contributed by atoms with van der Waals surface area (Å²) in [5.74, 6) is 0.941. The summed E-state index contributed by atoms with van der Waals surface area (Å²) in [5.41, 5.74) is 1.64. The minimum absolute atomic E-state index is 0.143. The van der Waals surface area contributed by atoms with Gasteiger partial charge in [0.2, 0.25) is 0 Å². The third-order valence-electron chi connectivity index (χ3n) is 4.26. The molecule has 0 aliphatic carbocycles. The van der Waals surface area contributed by atoms with Crippen LogP contribution in [-0.2, 0) is 19.0 Å². The lowest BCUT2D eigenvalue weighted by Gasteiger charge is -2.38. The molecule has 2 aliphatic heterocycles. The Labute approximate surface area is 151 Å². The zero-order valence-electron chi connectivity index (χ0n) is 14.3. The molecule has 0 unspecified atom stereocenters. The van der Waals surface area contributed by atoms with E-state index in [4.69, 9.17) is 18.9 Å². The van der Waals surface area contributed by atoms with E-state index in [1.54, 1.807) is 7.11 Å². The number of ketones is 1. The Hall–Kier alpha value is -2.83. The molecule has 6 heteroatoms. The molecule has 2 aromatic carbocycles. The van der Waals surface area contributed by atoms with E-state index in [1.807, 2.05) is 54.6 Å². The maximum absolute atomic E-state index is 12.5. The van der Waals surface area contributed by atoms with E-state index in [0.717, 1.165) is 11.3 Å². The second kappa shape index (κ2) is 7.19. The fourth-order valence-corrected chi connectivity index (χ4v) is 2.98. The fraction of sp³-hybridized carbons (Fsp3) is 0.250. The highest BCUT2D eigenvalue weighted by atomic mass is 16.7. The quantitative estimate of drug-likeness (QED) is 0.911. The predicted molar refractivity (Wildman–Crippen MR) is 94.6 cm³/mol. The van der Waals surface area contributed by atoms with Crippen molar-refractivity contribution >= 4 is 11.5 Å². The van der Waals surface area contributed by atoms with E-state index >= 15 is 0 Å². The monoisotopic (exact) mass is 353 g/mol. The van der Waals surface area contributed by atoms with Gasteiger partial charge < -0.3 is 24.3 Å². The zero-order chi connectivity index (χ0) is 17.9. The Morgan fingerprint density at radius 2 is 1.96 bits per heavy atom. The molecule has 1 N–H and O–H groups in total. The first-order chi connectivity index (χ1) is 12.7. The van der Waals surface area contributed by atoms with Gasteiger partial charge in [0.05, 0.1) is 13.7 Å². The first kappa shape index (κ1) is 16.6. The van der Waals surface area contributed by atoms with Gasteiger partial charge in [-0.05, 0) is 12.1 Å². The highest BCUT2D eigenvalue weighted by Gasteiger charge is 2.41. The van der Waals surface area contributed by atoms with Crippen LogP contribution in [0.2, 0.25) is 0 Å². The number of methoxy groups -OCH3 is 1. The van der Waals surface area contributed by atoms with Gasteiger partial charge in [0.15, 0.2) is 30.2 Å². The third-order valence-corrected chi connectivity index (χ3v) is 4.26. The summed E-state index contributed by atoms with van der Waals surface area (Å²) in [6.07, 6.45) is -0.301. The number of carbonyl (C=O) groups excluding carboxylic acids is 1. The average Bonchev–Trinajstić information content (AvgIpc) is 2.68. The number of hydrogen-bond acceptors (Lipinski definition) is 6. The topological polar surface area (TPSA) is 66.0 Å². The van der Waals surface area contributed by atoms with Crippen molar-refractivity contribution in [1.29, 1.82) is 0 Å². The number of carbonyl (C=O) groups is 1. The van der Waals surface area contributed by atoms with Crippen LogP contribution in [0, 0.1) is 0 Å². The molecule has 0 spiro atoms. The zero-order valence-corrected chi connectivity index (χ0v) is 14.3. The van der Waals surface area contributed by atoms with Crippen LogP contribution in [0.5, 0.6) is 5.75 Å². The van der Waals surface area contributed by atoms with Gasteiger partial charge in [-0.3, -0.25) is 4.79 Å². The van der Waals surface area contributed by atoms with E-state index in [-0.39, 0.29) is 12.4 Å². The second-order valence-corrected chi connectivity index (χ2v) is 6.06. The smallest absolute Gasteiger partial charge is 0.195 e. The maximum Gasteiger partial charge on any atom is 0.195 e. The maximum atomic E-state index is 12.5. The number of fused-ring (bicyclic) bond motifs is 1. The molecule has 2 heterocycles. The number of ether oxygens (including phenoxy) is 4. The molecule has 26 heavy (non-hydrogen) atoms. The van der Waals surface area contributed by atoms with Crippen molar-refractivity contribution in [3.8, 4) is 5.75 Å². The second-order valence-electron chi connectivity index (χ2n) is 6.06. The van der Waals surface area contributed by atoms with Crippen LogP contribution in [0.25, 0.3) is 0 Å². The van der Waals surface area contributed by atoms with Crippen LogP contribution in [0.4, 0.5) is 5.69 Å². The lowest BCUT2D eigenvalue weighted by molar-refractivity contribution is -0.254. The van der Waals surface area contributed by atoms with Gasteiger partial charge in [0, 0.05) is 23.4 Å². The minimum atomic E-state index is -0.676. The standard InChI is InChI=1S/C20H19NO5/c1-23-15-9-5-8-14(10-15)21-18-11-16(22)19-17(25-18)12-24-20(26-19)13-6-3-2-4-7-13/h2-11,17,19-21H,12H2,1H3/t17-,19+,20-/m1/s1. The Kier molecular flexibility index (Phi) is 4.60. The van der Waals surface area contributed by atoms with E-state index in [9.17, 15) is 4.79 Å². The molecule has 1 fully saturated rings. The normalized spacial score (nSPS) is 24.9. The van der Waals surface area contributed by atoms with E-state index in [0.29, 0.717) is 11.6 Å². The van der Waals surface area contributed by atoms with Gasteiger partial charge in [-0.1, -0.05) is 36.4 Å². The van der Waals surface area contributed by atoms with Gasteiger partial charge >= 0.3 is 0 Å². The molecule has 0 amide bonds. The van der Waals surface area contributed by atoms with Gasteiger partial charge in [-0.15, -0.1) is 0 Å². The first-order valence-corrected chi connectivity index (χ1v) is 8.38. The lowest BCUT2D eigenvalue weighted by Crippen LogP contribution is -2.49. The summed E-state index contributed by atoms with van der Waals surface area (Å²) in [4.78, 5) is 12.5. The largest absolute Gasteiger partial charge is 0.497 e. The molecule has 1 saturated heterocycles. The van der Waals surface area contributed by atoms with Gasteiger partial charge in [0.25, 0.3) is 0 Å². The lowest BCUT2D eigenvalue weighted by atomic mass is 10.1. The molecular formula is C20H19NO5. The van der Waals surface area contributed by atoms with E-state index < -0.39 is 18.5 Å². The van der Waals surface area contributed by atoms with Gasteiger partial charge in [-0.25, -0.2) is 0 Å². The highest BCUT2D eigenvalue weighted by Crippen LogP contribution is 2.31. The molecule has 6 nitrogen and oxygen atoms in total. The fourth-order valence-electron chi connectivity index (χ4n) is 2.98. The number of rotatable bonds is 4. The van der Waals surface area contributed by atoms with Crippen LogP contribution >= 0.6 is 0 Å². The Bertz CT molecular complexity index is 820. The number of nitrogens with one attached hydrogen (secondary N) is 1. The molecule has 4 rings (SSSR count). The Morgan fingerprint density at radius 1 is 1.12 bits per heavy atom. The van der Waals surface area contributed by atoms with Crippen molar-refractivity contribution < 1.29 is 23.7 Å². The molecule has 0 radical (unpaired) electrons. The Morgan fingerprint density at radius 3 is 2.77 bits per heavy atom. The SMILES string of the molecule is COc1cccc(NC2=CC(=O)[C@@H]3O[C@H](c4ccccc4)OC[C@H]3O2)c1. The summed E-state index contributed by atoms with van der Waals surface area (Å²) < 4.78 is 22.6. The number of hydrogen-bond donors (Lipinski definition) is 1. The summed E-state index contributed by atoms with van der Waals surface area (Å²) >= 11 is 0. The van der Waals surface area contributed by atoms with Crippen LogP contribution < -0.4 is 10.1 Å². The molecule has 0 aromatic heterocycles. The van der Waals surface area contributed by atoms with Crippen LogP contribution in [0.15, 0.2) is 66.6 Å². The molecular weight excluding hydrogens is 334 g/mol. The molecule has 2 aliphatic rings.